The standard InChI is InChI=1S/C20H21Cl2NO5/c1-25-13-6-5-10(7-12(13)23)16-17(20(16,21)22)18(24)11-8-14(26-2)19(28-4)15(9-11)27-3/h5-9,16-17H,23H2,1-4H3. The number of rotatable bonds is 7. The van der Waals surface area contributed by atoms with Gasteiger partial charge in [-0.2, -0.15) is 0 Å². The molecule has 28 heavy (non-hydrogen) atoms. The van der Waals surface area contributed by atoms with Crippen molar-refractivity contribution in [2.24, 2.45) is 5.92 Å². The molecule has 0 heterocycles. The van der Waals surface area contributed by atoms with E-state index in [1.54, 1.807) is 24.3 Å². The summed E-state index contributed by atoms with van der Waals surface area (Å²) in [5.41, 5.74) is 7.58. The van der Waals surface area contributed by atoms with Crippen LogP contribution in [0.1, 0.15) is 21.8 Å². The predicted molar refractivity (Wildman–Crippen MR) is 109 cm³/mol. The van der Waals surface area contributed by atoms with Crippen LogP contribution >= 0.6 is 23.2 Å². The number of Topliss-reactive ketones (excluding diaryl/α,β-unsaturated/α-hetero) is 1. The van der Waals surface area contributed by atoms with Crippen molar-refractivity contribution in [3.05, 3.63) is 41.5 Å². The Morgan fingerprint density at radius 1 is 0.929 bits per heavy atom. The maximum absolute atomic E-state index is 13.2. The van der Waals surface area contributed by atoms with Gasteiger partial charge in [0.1, 0.15) is 10.1 Å². The second kappa shape index (κ2) is 7.60. The fourth-order valence-electron chi connectivity index (χ4n) is 3.42. The molecule has 1 aliphatic rings. The van der Waals surface area contributed by atoms with E-state index in [-0.39, 0.29) is 5.78 Å². The number of nitrogens with two attached hydrogens (primary N) is 1. The fourth-order valence-corrected chi connectivity index (χ4v) is 4.25. The van der Waals surface area contributed by atoms with Crippen LogP contribution in [-0.2, 0) is 0 Å². The summed E-state index contributed by atoms with van der Waals surface area (Å²) < 4.78 is 19.9. The van der Waals surface area contributed by atoms with Gasteiger partial charge in [-0.25, -0.2) is 0 Å². The molecule has 8 heteroatoms. The Labute approximate surface area is 173 Å². The molecule has 2 unspecified atom stereocenters. The first-order valence-electron chi connectivity index (χ1n) is 8.45. The summed E-state index contributed by atoms with van der Waals surface area (Å²) in [4.78, 5) is 13.2. The number of hydrogen-bond acceptors (Lipinski definition) is 6. The van der Waals surface area contributed by atoms with Gasteiger partial charge in [0.15, 0.2) is 17.3 Å². The number of benzene rings is 2. The number of anilines is 1. The first-order valence-corrected chi connectivity index (χ1v) is 9.21. The first-order chi connectivity index (χ1) is 13.3. The van der Waals surface area contributed by atoms with Crippen LogP contribution in [0.5, 0.6) is 23.0 Å². The third-order valence-corrected chi connectivity index (χ3v) is 5.84. The van der Waals surface area contributed by atoms with Gasteiger partial charge in [0.25, 0.3) is 0 Å². The predicted octanol–water partition coefficient (Wildman–Crippen LogP) is 4.07. The van der Waals surface area contributed by atoms with E-state index in [0.29, 0.717) is 34.2 Å². The molecular formula is C20H21Cl2NO5. The van der Waals surface area contributed by atoms with Crippen LogP contribution in [0, 0.1) is 5.92 Å². The van der Waals surface area contributed by atoms with Crippen LogP contribution in [0.4, 0.5) is 5.69 Å². The average molecular weight is 426 g/mol. The van der Waals surface area contributed by atoms with Crippen LogP contribution in [0.2, 0.25) is 0 Å². The number of carbonyl (C=O) groups is 1. The van der Waals surface area contributed by atoms with Gasteiger partial charge < -0.3 is 24.7 Å². The summed E-state index contributed by atoms with van der Waals surface area (Å²) in [6.45, 7) is 0. The molecule has 2 N–H and O–H groups in total. The molecule has 1 aliphatic carbocycles. The van der Waals surface area contributed by atoms with Crippen molar-refractivity contribution in [1.29, 1.82) is 0 Å². The van der Waals surface area contributed by atoms with E-state index in [2.05, 4.69) is 0 Å². The van der Waals surface area contributed by atoms with Crippen molar-refractivity contribution >= 4 is 34.7 Å². The van der Waals surface area contributed by atoms with Crippen LogP contribution in [0.15, 0.2) is 30.3 Å². The van der Waals surface area contributed by atoms with Crippen molar-refractivity contribution in [2.45, 2.75) is 10.3 Å². The van der Waals surface area contributed by atoms with E-state index in [0.717, 1.165) is 5.56 Å². The lowest BCUT2D eigenvalue weighted by Crippen LogP contribution is -2.08. The number of nitrogen functional groups attached to an aromatic ring is 1. The minimum absolute atomic E-state index is 0.219. The molecule has 2 aromatic carbocycles. The van der Waals surface area contributed by atoms with Gasteiger partial charge in [-0.15, -0.1) is 23.2 Å². The van der Waals surface area contributed by atoms with Crippen LogP contribution < -0.4 is 24.7 Å². The van der Waals surface area contributed by atoms with E-state index >= 15 is 0 Å². The molecule has 0 radical (unpaired) electrons. The Morgan fingerprint density at radius 2 is 1.50 bits per heavy atom. The van der Waals surface area contributed by atoms with Gasteiger partial charge in [0.05, 0.1) is 40.0 Å². The summed E-state index contributed by atoms with van der Waals surface area (Å²) in [7, 11) is 6.00. The largest absolute Gasteiger partial charge is 0.495 e. The van der Waals surface area contributed by atoms with E-state index in [9.17, 15) is 4.79 Å². The van der Waals surface area contributed by atoms with Crippen LogP contribution in [0.3, 0.4) is 0 Å². The first kappa shape index (κ1) is 20.4. The van der Waals surface area contributed by atoms with Gasteiger partial charge in [0, 0.05) is 11.5 Å². The fraction of sp³-hybridized carbons (Fsp3) is 0.350. The Morgan fingerprint density at radius 3 is 1.96 bits per heavy atom. The minimum atomic E-state index is -1.24. The zero-order valence-electron chi connectivity index (χ0n) is 15.9. The van der Waals surface area contributed by atoms with Crippen LogP contribution in [0.25, 0.3) is 0 Å². The molecule has 1 fully saturated rings. The van der Waals surface area contributed by atoms with E-state index in [4.69, 9.17) is 47.9 Å². The van der Waals surface area contributed by atoms with Crippen molar-refractivity contribution in [2.75, 3.05) is 34.2 Å². The highest BCUT2D eigenvalue weighted by atomic mass is 35.5. The number of hydrogen-bond donors (Lipinski definition) is 1. The third kappa shape index (κ3) is 3.31. The summed E-state index contributed by atoms with van der Waals surface area (Å²) in [6, 6.07) is 8.44. The number of ether oxygens (including phenoxy) is 4. The highest BCUT2D eigenvalue weighted by Crippen LogP contribution is 2.66. The van der Waals surface area contributed by atoms with E-state index in [1.807, 2.05) is 6.07 Å². The Bertz CT molecular complexity index is 890. The van der Waals surface area contributed by atoms with Gasteiger partial charge in [-0.05, 0) is 29.8 Å². The van der Waals surface area contributed by atoms with E-state index in [1.165, 1.54) is 28.4 Å². The molecule has 0 amide bonds. The molecular weight excluding hydrogens is 405 g/mol. The second-order valence-electron chi connectivity index (χ2n) is 6.41. The lowest BCUT2D eigenvalue weighted by Gasteiger charge is -2.13. The normalized spacial score (nSPS) is 19.6. The Balaban J connectivity index is 1.96. The highest BCUT2D eigenvalue weighted by Gasteiger charge is 2.67. The highest BCUT2D eigenvalue weighted by molar-refractivity contribution is 6.54. The van der Waals surface area contributed by atoms with Crippen molar-refractivity contribution in [3.8, 4) is 23.0 Å². The molecule has 0 saturated heterocycles. The summed E-state index contributed by atoms with van der Waals surface area (Å²) in [6.07, 6.45) is 0. The topological polar surface area (TPSA) is 80.0 Å². The number of ketones is 1. The van der Waals surface area contributed by atoms with Gasteiger partial charge >= 0.3 is 0 Å². The molecule has 2 aromatic rings. The van der Waals surface area contributed by atoms with E-state index < -0.39 is 16.2 Å². The molecule has 1 saturated carbocycles. The zero-order chi connectivity index (χ0) is 20.6. The molecule has 0 spiro atoms. The Kier molecular flexibility index (Phi) is 5.55. The SMILES string of the molecule is COc1ccc(C2C(C(=O)c3cc(OC)c(OC)c(OC)c3)C2(Cl)Cl)cc1N. The molecule has 0 aliphatic heterocycles. The zero-order valence-corrected chi connectivity index (χ0v) is 17.4. The lowest BCUT2D eigenvalue weighted by atomic mass is 10.0. The molecule has 0 aromatic heterocycles. The van der Waals surface area contributed by atoms with Gasteiger partial charge in [-0.1, -0.05) is 6.07 Å². The van der Waals surface area contributed by atoms with Crippen molar-refractivity contribution < 1.29 is 23.7 Å². The van der Waals surface area contributed by atoms with Gasteiger partial charge in [-0.3, -0.25) is 4.79 Å². The third-order valence-electron chi connectivity index (χ3n) is 4.90. The Hall–Kier alpha value is -2.31. The molecule has 150 valence electrons. The lowest BCUT2D eigenvalue weighted by molar-refractivity contribution is 0.0963. The number of alkyl halides is 2. The summed E-state index contributed by atoms with van der Waals surface area (Å²) >= 11 is 12.9. The number of carbonyl (C=O) groups excluding carboxylic acids is 1. The number of methoxy groups -OCH3 is 4. The minimum Gasteiger partial charge on any atom is -0.495 e. The maximum atomic E-state index is 13.2. The van der Waals surface area contributed by atoms with Gasteiger partial charge in [0.2, 0.25) is 5.75 Å². The quantitative estimate of drug-likeness (QED) is 0.409. The monoisotopic (exact) mass is 425 g/mol. The second-order valence-corrected chi connectivity index (χ2v) is 7.85. The van der Waals surface area contributed by atoms with Crippen LogP contribution in [-0.4, -0.2) is 38.6 Å². The molecule has 6 nitrogen and oxygen atoms in total. The molecule has 2 atom stereocenters. The maximum Gasteiger partial charge on any atom is 0.203 e. The number of halogens is 2. The molecule has 0 bridgehead atoms. The average Bonchev–Trinajstić information content (AvgIpc) is 3.27. The van der Waals surface area contributed by atoms with Crippen molar-refractivity contribution in [3.63, 3.8) is 0 Å². The summed E-state index contributed by atoms with van der Waals surface area (Å²) in [5, 5.41) is 0. The smallest absolute Gasteiger partial charge is 0.203 e. The molecule has 3 rings (SSSR count). The summed E-state index contributed by atoms with van der Waals surface area (Å²) in [5.74, 6) is 0.467. The van der Waals surface area contributed by atoms with Crippen molar-refractivity contribution in [1.82, 2.24) is 0 Å².